The van der Waals surface area contributed by atoms with Gasteiger partial charge in [0, 0.05) is 5.92 Å². The third-order valence-electron chi connectivity index (χ3n) is 3.81. The minimum atomic E-state index is -0.436. The largest absolute Gasteiger partial charge is 0.346 e. The molecule has 0 aromatic carbocycles. The smallest absolute Gasteiger partial charge is 0.167 e. The van der Waals surface area contributed by atoms with E-state index in [0.717, 1.165) is 0 Å². The Bertz CT molecular complexity index is 309. The Hall–Kier alpha value is -0.410. The van der Waals surface area contributed by atoms with Gasteiger partial charge in [0.1, 0.15) is 6.10 Å². The molecule has 0 spiro atoms. The standard InChI is InChI=1S/C15H28O3/c1-9(14(3,4)5)11(16)12-13(15(6,7)8)18-10(2)17-12/h9-10,12-13H,1-8H3/t9-,10?,12?,13?/m0/s1. The van der Waals surface area contributed by atoms with Gasteiger partial charge in [0.25, 0.3) is 0 Å². The van der Waals surface area contributed by atoms with E-state index in [1.165, 1.54) is 0 Å². The summed E-state index contributed by atoms with van der Waals surface area (Å²) < 4.78 is 11.5. The van der Waals surface area contributed by atoms with Crippen molar-refractivity contribution in [3.63, 3.8) is 0 Å². The summed E-state index contributed by atoms with van der Waals surface area (Å²) in [5.74, 6) is 0.119. The number of Topliss-reactive ketones (excluding diaryl/α,β-unsaturated/α-hetero) is 1. The summed E-state index contributed by atoms with van der Waals surface area (Å²) in [6, 6.07) is 0. The van der Waals surface area contributed by atoms with Crippen molar-refractivity contribution in [3.8, 4) is 0 Å². The molecule has 1 saturated heterocycles. The monoisotopic (exact) mass is 256 g/mol. The molecule has 0 saturated carbocycles. The van der Waals surface area contributed by atoms with E-state index < -0.39 is 6.10 Å². The lowest BCUT2D eigenvalue weighted by Gasteiger charge is -2.33. The summed E-state index contributed by atoms with van der Waals surface area (Å²) >= 11 is 0. The summed E-state index contributed by atoms with van der Waals surface area (Å²) in [7, 11) is 0. The first-order valence-corrected chi connectivity index (χ1v) is 6.79. The molecule has 0 amide bonds. The van der Waals surface area contributed by atoms with Crippen molar-refractivity contribution < 1.29 is 14.3 Å². The van der Waals surface area contributed by atoms with Crippen LogP contribution in [0.5, 0.6) is 0 Å². The first kappa shape index (κ1) is 15.6. The minimum Gasteiger partial charge on any atom is -0.346 e. The molecule has 0 aliphatic carbocycles. The van der Waals surface area contributed by atoms with Crippen LogP contribution in [0.4, 0.5) is 0 Å². The van der Waals surface area contributed by atoms with E-state index in [1.807, 2.05) is 13.8 Å². The average molecular weight is 256 g/mol. The van der Waals surface area contributed by atoms with Gasteiger partial charge in [0.05, 0.1) is 6.10 Å². The molecule has 0 radical (unpaired) electrons. The van der Waals surface area contributed by atoms with E-state index in [9.17, 15) is 4.79 Å². The highest BCUT2D eigenvalue weighted by Crippen LogP contribution is 2.37. The first-order valence-electron chi connectivity index (χ1n) is 6.79. The van der Waals surface area contributed by atoms with Gasteiger partial charge in [-0.1, -0.05) is 48.5 Å². The fourth-order valence-corrected chi connectivity index (χ4v) is 2.14. The quantitative estimate of drug-likeness (QED) is 0.759. The molecule has 0 bridgehead atoms. The number of carbonyl (C=O) groups is 1. The van der Waals surface area contributed by atoms with Gasteiger partial charge in [0.2, 0.25) is 0 Å². The highest BCUT2D eigenvalue weighted by atomic mass is 16.7. The van der Waals surface area contributed by atoms with Crippen molar-refractivity contribution in [2.75, 3.05) is 0 Å². The van der Waals surface area contributed by atoms with E-state index >= 15 is 0 Å². The topological polar surface area (TPSA) is 35.5 Å². The van der Waals surface area contributed by atoms with Gasteiger partial charge in [-0.15, -0.1) is 0 Å². The van der Waals surface area contributed by atoms with Crippen LogP contribution in [0.1, 0.15) is 55.4 Å². The molecule has 1 fully saturated rings. The van der Waals surface area contributed by atoms with Crippen LogP contribution in [0.2, 0.25) is 0 Å². The third-order valence-corrected chi connectivity index (χ3v) is 3.81. The molecule has 3 unspecified atom stereocenters. The zero-order chi connectivity index (χ0) is 14.3. The lowest BCUT2D eigenvalue weighted by Crippen LogP contribution is -2.44. The summed E-state index contributed by atoms with van der Waals surface area (Å²) in [5, 5.41) is 0. The lowest BCUT2D eigenvalue weighted by molar-refractivity contribution is -0.137. The zero-order valence-corrected chi connectivity index (χ0v) is 13.0. The number of ketones is 1. The van der Waals surface area contributed by atoms with Gasteiger partial charge in [-0.25, -0.2) is 0 Å². The van der Waals surface area contributed by atoms with Crippen LogP contribution >= 0.6 is 0 Å². The van der Waals surface area contributed by atoms with Crippen LogP contribution in [0.15, 0.2) is 0 Å². The molecule has 3 nitrogen and oxygen atoms in total. The van der Waals surface area contributed by atoms with Crippen molar-refractivity contribution >= 4 is 5.78 Å². The zero-order valence-electron chi connectivity index (χ0n) is 13.0. The Labute approximate surface area is 111 Å². The van der Waals surface area contributed by atoms with Crippen molar-refractivity contribution in [2.45, 2.75) is 73.9 Å². The average Bonchev–Trinajstić information content (AvgIpc) is 2.56. The molecule has 0 aromatic heterocycles. The molecule has 106 valence electrons. The molecule has 18 heavy (non-hydrogen) atoms. The van der Waals surface area contributed by atoms with Gasteiger partial charge in [-0.05, 0) is 17.8 Å². The third kappa shape index (κ3) is 3.33. The Morgan fingerprint density at radius 2 is 1.56 bits per heavy atom. The minimum absolute atomic E-state index is 0.0405. The first-order chi connectivity index (χ1) is 7.94. The fraction of sp³-hybridized carbons (Fsp3) is 0.933. The number of rotatable bonds is 2. The van der Waals surface area contributed by atoms with Crippen LogP contribution in [0.3, 0.4) is 0 Å². The van der Waals surface area contributed by atoms with Gasteiger partial charge in [-0.2, -0.15) is 0 Å². The molecule has 1 rings (SSSR count). The molecular formula is C15H28O3. The van der Waals surface area contributed by atoms with E-state index in [1.54, 1.807) is 0 Å². The molecule has 1 aliphatic rings. The van der Waals surface area contributed by atoms with Gasteiger partial charge in [-0.3, -0.25) is 4.79 Å². The van der Waals surface area contributed by atoms with E-state index in [2.05, 4.69) is 41.5 Å². The molecular weight excluding hydrogens is 228 g/mol. The maximum atomic E-state index is 12.6. The van der Waals surface area contributed by atoms with Gasteiger partial charge in [0.15, 0.2) is 12.1 Å². The fourth-order valence-electron chi connectivity index (χ4n) is 2.14. The number of hydrogen-bond acceptors (Lipinski definition) is 3. The summed E-state index contributed by atoms with van der Waals surface area (Å²) in [6.45, 7) is 16.3. The van der Waals surface area contributed by atoms with Crippen LogP contribution in [-0.4, -0.2) is 24.3 Å². The maximum absolute atomic E-state index is 12.6. The Morgan fingerprint density at radius 1 is 1.06 bits per heavy atom. The molecule has 3 heteroatoms. The molecule has 1 aliphatic heterocycles. The normalized spacial score (nSPS) is 31.4. The van der Waals surface area contributed by atoms with Gasteiger partial charge < -0.3 is 9.47 Å². The highest BCUT2D eigenvalue weighted by molar-refractivity contribution is 5.86. The Morgan fingerprint density at radius 3 is 1.94 bits per heavy atom. The predicted octanol–water partition coefficient (Wildman–Crippen LogP) is 3.41. The van der Waals surface area contributed by atoms with Crippen molar-refractivity contribution in [3.05, 3.63) is 0 Å². The SMILES string of the molecule is CC1OC(C(=O)[C@H](C)C(C)(C)C)C(C(C)(C)C)O1. The summed E-state index contributed by atoms with van der Waals surface area (Å²) in [5.41, 5.74) is -0.141. The van der Waals surface area contributed by atoms with Crippen LogP contribution < -0.4 is 0 Å². The summed E-state index contributed by atoms with van der Waals surface area (Å²) in [6.07, 6.45) is -0.894. The molecule has 0 N–H and O–H groups in total. The van der Waals surface area contributed by atoms with Gasteiger partial charge >= 0.3 is 0 Å². The number of ether oxygens (including phenoxy) is 2. The second-order valence-electron chi connectivity index (χ2n) is 7.54. The molecule has 1 heterocycles. The second-order valence-corrected chi connectivity index (χ2v) is 7.54. The second kappa shape index (κ2) is 4.93. The lowest BCUT2D eigenvalue weighted by atomic mass is 9.75. The van der Waals surface area contributed by atoms with E-state index in [-0.39, 0.29) is 34.9 Å². The number of carbonyl (C=O) groups excluding carboxylic acids is 1. The summed E-state index contributed by atoms with van der Waals surface area (Å²) in [4.78, 5) is 12.6. The number of hydrogen-bond donors (Lipinski definition) is 0. The van der Waals surface area contributed by atoms with Crippen molar-refractivity contribution in [1.82, 2.24) is 0 Å². The molecule has 4 atom stereocenters. The van der Waals surface area contributed by atoms with Crippen LogP contribution in [-0.2, 0) is 14.3 Å². The Balaban J connectivity index is 2.90. The van der Waals surface area contributed by atoms with Crippen molar-refractivity contribution in [1.29, 1.82) is 0 Å². The molecule has 0 aromatic rings. The maximum Gasteiger partial charge on any atom is 0.167 e. The van der Waals surface area contributed by atoms with E-state index in [4.69, 9.17) is 9.47 Å². The van der Waals surface area contributed by atoms with Crippen LogP contribution in [0, 0.1) is 16.7 Å². The highest BCUT2D eigenvalue weighted by Gasteiger charge is 2.47. The van der Waals surface area contributed by atoms with Crippen molar-refractivity contribution in [2.24, 2.45) is 16.7 Å². The van der Waals surface area contributed by atoms with E-state index in [0.29, 0.717) is 0 Å². The predicted molar refractivity (Wildman–Crippen MR) is 72.3 cm³/mol. The Kier molecular flexibility index (Phi) is 4.29. The van der Waals surface area contributed by atoms with Crippen LogP contribution in [0.25, 0.3) is 0 Å².